The Kier molecular flexibility index (Phi) is 3.96. The van der Waals surface area contributed by atoms with Crippen LogP contribution in [0.2, 0.25) is 0 Å². The van der Waals surface area contributed by atoms with Crippen molar-refractivity contribution in [3.05, 3.63) is 48.0 Å². The molecule has 0 spiro atoms. The Labute approximate surface area is 121 Å². The topological polar surface area (TPSA) is 67.3 Å². The zero-order valence-electron chi connectivity index (χ0n) is 11.4. The molecule has 2 aromatic rings. The van der Waals surface area contributed by atoms with Crippen LogP contribution in [0.1, 0.15) is 17.9 Å². The number of halogens is 1. The highest BCUT2D eigenvalue weighted by Crippen LogP contribution is 2.42. The van der Waals surface area contributed by atoms with Crippen molar-refractivity contribution in [1.82, 2.24) is 9.97 Å². The van der Waals surface area contributed by atoms with Gasteiger partial charge in [-0.3, -0.25) is 4.98 Å². The van der Waals surface area contributed by atoms with E-state index in [0.29, 0.717) is 17.6 Å². The highest BCUT2D eigenvalue weighted by Gasteiger charge is 2.38. The molecule has 5 nitrogen and oxygen atoms in total. The van der Waals surface area contributed by atoms with Crippen molar-refractivity contribution in [3.63, 3.8) is 0 Å². The van der Waals surface area contributed by atoms with Crippen molar-refractivity contribution in [3.8, 4) is 5.88 Å². The van der Waals surface area contributed by atoms with Crippen molar-refractivity contribution < 1.29 is 14.2 Å². The molecule has 2 N–H and O–H groups in total. The zero-order chi connectivity index (χ0) is 14.7. The van der Waals surface area contributed by atoms with Gasteiger partial charge < -0.3 is 15.2 Å². The van der Waals surface area contributed by atoms with Crippen LogP contribution in [-0.2, 0) is 0 Å². The first-order valence-corrected chi connectivity index (χ1v) is 6.84. The molecule has 1 aromatic carbocycles. The van der Waals surface area contributed by atoms with Gasteiger partial charge in [-0.05, 0) is 24.1 Å². The standard InChI is InChI=1S/C15H16FN3O2/c16-11-3-1-10(2-4-11)12-7-13(12)18-14-8-17-9-15(19-14)21-6-5-20/h1-4,8-9,12-13,20H,5-7H2,(H,18,19)/t12-,13+/m0/s1. The maximum atomic E-state index is 12.9. The second-order valence-corrected chi connectivity index (χ2v) is 4.96. The third-order valence-electron chi connectivity index (χ3n) is 3.38. The molecule has 1 aliphatic carbocycles. The molecule has 0 bridgehead atoms. The molecule has 3 rings (SSSR count). The summed E-state index contributed by atoms with van der Waals surface area (Å²) in [5.41, 5.74) is 1.12. The van der Waals surface area contributed by atoms with Gasteiger partial charge in [0.1, 0.15) is 18.2 Å². The first-order chi connectivity index (χ1) is 10.3. The van der Waals surface area contributed by atoms with Crippen LogP contribution >= 0.6 is 0 Å². The van der Waals surface area contributed by atoms with Crippen LogP contribution < -0.4 is 10.1 Å². The van der Waals surface area contributed by atoms with E-state index >= 15 is 0 Å². The third-order valence-corrected chi connectivity index (χ3v) is 3.38. The van der Waals surface area contributed by atoms with Gasteiger partial charge in [0, 0.05) is 12.0 Å². The van der Waals surface area contributed by atoms with E-state index in [1.807, 2.05) is 12.1 Å². The number of nitrogens with one attached hydrogen (secondary N) is 1. The van der Waals surface area contributed by atoms with Crippen molar-refractivity contribution in [2.45, 2.75) is 18.4 Å². The second-order valence-electron chi connectivity index (χ2n) is 4.96. The van der Waals surface area contributed by atoms with Crippen molar-refractivity contribution in [1.29, 1.82) is 0 Å². The van der Waals surface area contributed by atoms with E-state index in [1.54, 1.807) is 6.20 Å². The monoisotopic (exact) mass is 289 g/mol. The number of hydrogen-bond donors (Lipinski definition) is 2. The van der Waals surface area contributed by atoms with E-state index in [2.05, 4.69) is 15.3 Å². The molecule has 0 radical (unpaired) electrons. The molecule has 0 amide bonds. The normalized spacial score (nSPS) is 20.1. The summed E-state index contributed by atoms with van der Waals surface area (Å²) in [5, 5.41) is 12.0. The number of hydrogen-bond acceptors (Lipinski definition) is 5. The van der Waals surface area contributed by atoms with Gasteiger partial charge in [-0.25, -0.2) is 4.39 Å². The molecule has 0 saturated heterocycles. The highest BCUT2D eigenvalue weighted by molar-refractivity contribution is 5.41. The molecule has 110 valence electrons. The van der Waals surface area contributed by atoms with Gasteiger partial charge in [0.05, 0.1) is 19.0 Å². The van der Waals surface area contributed by atoms with Crippen LogP contribution in [0.4, 0.5) is 10.2 Å². The Bertz CT molecular complexity index is 606. The molecule has 0 unspecified atom stereocenters. The number of rotatable bonds is 6. The molecule has 6 heteroatoms. The Morgan fingerprint density at radius 1 is 1.29 bits per heavy atom. The first-order valence-electron chi connectivity index (χ1n) is 6.84. The van der Waals surface area contributed by atoms with Gasteiger partial charge in [0.2, 0.25) is 5.88 Å². The van der Waals surface area contributed by atoms with Gasteiger partial charge >= 0.3 is 0 Å². The molecule has 21 heavy (non-hydrogen) atoms. The molecular formula is C15H16FN3O2. The van der Waals surface area contributed by atoms with Gasteiger partial charge in [-0.1, -0.05) is 12.1 Å². The molecule has 1 aromatic heterocycles. The SMILES string of the molecule is OCCOc1cncc(N[C@@H]2C[C@H]2c2ccc(F)cc2)n1. The minimum atomic E-state index is -0.219. The lowest BCUT2D eigenvalue weighted by molar-refractivity contribution is 0.196. The summed E-state index contributed by atoms with van der Waals surface area (Å²) in [7, 11) is 0. The minimum absolute atomic E-state index is 0.0609. The predicted octanol–water partition coefficient (Wildman–Crippen LogP) is 1.95. The van der Waals surface area contributed by atoms with E-state index in [-0.39, 0.29) is 25.1 Å². The van der Waals surface area contributed by atoms with E-state index in [1.165, 1.54) is 18.3 Å². The Hall–Kier alpha value is -2.21. The first kappa shape index (κ1) is 13.8. The molecule has 0 aliphatic heterocycles. The number of aromatic nitrogens is 2. The number of benzene rings is 1. The van der Waals surface area contributed by atoms with Gasteiger partial charge in [0.15, 0.2) is 0 Å². The number of anilines is 1. The Balaban J connectivity index is 1.59. The number of aliphatic hydroxyl groups is 1. The molecule has 1 saturated carbocycles. The van der Waals surface area contributed by atoms with Crippen molar-refractivity contribution >= 4 is 5.82 Å². The fraction of sp³-hybridized carbons (Fsp3) is 0.333. The van der Waals surface area contributed by atoms with Crippen LogP contribution in [0.5, 0.6) is 5.88 Å². The Morgan fingerprint density at radius 3 is 2.86 bits per heavy atom. The van der Waals surface area contributed by atoms with Crippen LogP contribution in [-0.4, -0.2) is 34.3 Å². The quantitative estimate of drug-likeness (QED) is 0.851. The lowest BCUT2D eigenvalue weighted by Crippen LogP contribution is -2.08. The van der Waals surface area contributed by atoms with Gasteiger partial charge in [-0.2, -0.15) is 4.98 Å². The van der Waals surface area contributed by atoms with Gasteiger partial charge in [-0.15, -0.1) is 0 Å². The van der Waals surface area contributed by atoms with Crippen LogP contribution in [0, 0.1) is 5.82 Å². The van der Waals surface area contributed by atoms with E-state index in [0.717, 1.165) is 12.0 Å². The Morgan fingerprint density at radius 2 is 2.10 bits per heavy atom. The molecular weight excluding hydrogens is 273 g/mol. The highest BCUT2D eigenvalue weighted by atomic mass is 19.1. The van der Waals surface area contributed by atoms with Crippen LogP contribution in [0.3, 0.4) is 0 Å². The number of ether oxygens (including phenoxy) is 1. The van der Waals surface area contributed by atoms with E-state index < -0.39 is 0 Å². The summed E-state index contributed by atoms with van der Waals surface area (Å²) < 4.78 is 18.1. The lowest BCUT2D eigenvalue weighted by atomic mass is 10.1. The van der Waals surface area contributed by atoms with E-state index in [4.69, 9.17) is 9.84 Å². The fourth-order valence-electron chi connectivity index (χ4n) is 2.26. The summed E-state index contributed by atoms with van der Waals surface area (Å²) >= 11 is 0. The molecule has 2 atom stereocenters. The van der Waals surface area contributed by atoms with Crippen LogP contribution in [0.25, 0.3) is 0 Å². The lowest BCUT2D eigenvalue weighted by Gasteiger charge is -2.07. The summed E-state index contributed by atoms with van der Waals surface area (Å²) in [5.74, 6) is 1.17. The second kappa shape index (κ2) is 6.05. The van der Waals surface area contributed by atoms with Gasteiger partial charge in [0.25, 0.3) is 0 Å². The molecule has 1 aliphatic rings. The van der Waals surface area contributed by atoms with Crippen molar-refractivity contribution in [2.24, 2.45) is 0 Å². The average molecular weight is 289 g/mol. The van der Waals surface area contributed by atoms with Crippen molar-refractivity contribution in [2.75, 3.05) is 18.5 Å². The summed E-state index contributed by atoms with van der Waals surface area (Å²) in [4.78, 5) is 8.31. The predicted molar refractivity (Wildman–Crippen MR) is 75.8 cm³/mol. The van der Waals surface area contributed by atoms with E-state index in [9.17, 15) is 4.39 Å². The molecule has 1 heterocycles. The summed E-state index contributed by atoms with van der Waals surface area (Å²) in [6.45, 7) is 0.133. The zero-order valence-corrected chi connectivity index (χ0v) is 11.4. The summed E-state index contributed by atoms with van der Waals surface area (Å²) in [6.07, 6.45) is 4.12. The maximum Gasteiger partial charge on any atom is 0.234 e. The smallest absolute Gasteiger partial charge is 0.234 e. The summed E-state index contributed by atoms with van der Waals surface area (Å²) in [6, 6.07) is 6.86. The maximum absolute atomic E-state index is 12.9. The number of nitrogens with zero attached hydrogens (tertiary/aromatic N) is 2. The minimum Gasteiger partial charge on any atom is -0.474 e. The number of aliphatic hydroxyl groups excluding tert-OH is 1. The largest absolute Gasteiger partial charge is 0.474 e. The van der Waals surface area contributed by atoms with Crippen LogP contribution in [0.15, 0.2) is 36.7 Å². The average Bonchev–Trinajstić information content (AvgIpc) is 3.25. The molecule has 1 fully saturated rings. The fourth-order valence-corrected chi connectivity index (χ4v) is 2.26. The third kappa shape index (κ3) is 3.46.